The SMILES string of the molecule is Cc1[nH]nc(S(=O)(=O)NC2CCC(C)(C)C2)c1CN. The van der Waals surface area contributed by atoms with E-state index in [1.165, 1.54) is 0 Å². The summed E-state index contributed by atoms with van der Waals surface area (Å²) in [7, 11) is -3.59. The maximum absolute atomic E-state index is 12.3. The number of aromatic amines is 1. The highest BCUT2D eigenvalue weighted by molar-refractivity contribution is 7.89. The Kier molecular flexibility index (Phi) is 3.72. The third-order valence-electron chi connectivity index (χ3n) is 3.79. The molecule has 1 aromatic heterocycles. The minimum atomic E-state index is -3.59. The molecule has 1 aliphatic rings. The fourth-order valence-electron chi connectivity index (χ4n) is 2.70. The fourth-order valence-corrected chi connectivity index (χ4v) is 4.18. The average molecular weight is 286 g/mol. The Hall–Kier alpha value is -0.920. The highest BCUT2D eigenvalue weighted by Gasteiger charge is 2.34. The van der Waals surface area contributed by atoms with E-state index in [4.69, 9.17) is 5.73 Å². The number of hydrogen-bond donors (Lipinski definition) is 3. The minimum absolute atomic E-state index is 0.0115. The average Bonchev–Trinajstić information content (AvgIpc) is 2.81. The first kappa shape index (κ1) is 14.5. The van der Waals surface area contributed by atoms with Crippen LogP contribution in [0.2, 0.25) is 0 Å². The molecule has 1 unspecified atom stereocenters. The minimum Gasteiger partial charge on any atom is -0.326 e. The second kappa shape index (κ2) is 4.88. The lowest BCUT2D eigenvalue weighted by atomic mass is 9.92. The lowest BCUT2D eigenvalue weighted by Crippen LogP contribution is -2.34. The summed E-state index contributed by atoms with van der Waals surface area (Å²) in [4.78, 5) is 0. The van der Waals surface area contributed by atoms with Crippen LogP contribution in [0, 0.1) is 12.3 Å². The van der Waals surface area contributed by atoms with E-state index in [1.807, 2.05) is 0 Å². The van der Waals surface area contributed by atoms with E-state index in [9.17, 15) is 8.42 Å². The maximum atomic E-state index is 12.3. The van der Waals surface area contributed by atoms with Crippen molar-refractivity contribution >= 4 is 10.0 Å². The molecule has 2 rings (SSSR count). The summed E-state index contributed by atoms with van der Waals surface area (Å²) in [6, 6.07) is -0.0115. The van der Waals surface area contributed by atoms with Crippen LogP contribution in [0.5, 0.6) is 0 Å². The van der Waals surface area contributed by atoms with Gasteiger partial charge in [0, 0.05) is 23.8 Å². The Morgan fingerprint density at radius 2 is 2.21 bits per heavy atom. The van der Waals surface area contributed by atoms with E-state index >= 15 is 0 Å². The molecule has 7 heteroatoms. The van der Waals surface area contributed by atoms with Gasteiger partial charge in [-0.1, -0.05) is 13.8 Å². The second-order valence-electron chi connectivity index (χ2n) is 6.06. The molecule has 1 aromatic rings. The Morgan fingerprint density at radius 1 is 1.53 bits per heavy atom. The first-order chi connectivity index (χ1) is 8.75. The quantitative estimate of drug-likeness (QED) is 0.769. The number of nitrogens with one attached hydrogen (secondary N) is 2. The molecular weight excluding hydrogens is 264 g/mol. The number of hydrogen-bond acceptors (Lipinski definition) is 4. The molecule has 19 heavy (non-hydrogen) atoms. The Bertz CT molecular complexity index is 562. The van der Waals surface area contributed by atoms with E-state index in [2.05, 4.69) is 28.8 Å². The number of H-pyrrole nitrogens is 1. The molecule has 0 spiro atoms. The van der Waals surface area contributed by atoms with Gasteiger partial charge in [0.25, 0.3) is 10.0 Å². The van der Waals surface area contributed by atoms with Crippen molar-refractivity contribution in [2.24, 2.45) is 11.1 Å². The van der Waals surface area contributed by atoms with Crippen molar-refractivity contribution in [2.75, 3.05) is 0 Å². The first-order valence-electron chi connectivity index (χ1n) is 6.51. The number of sulfonamides is 1. The largest absolute Gasteiger partial charge is 0.326 e. The van der Waals surface area contributed by atoms with Gasteiger partial charge in [0.1, 0.15) is 0 Å². The predicted octanol–water partition coefficient (Wildman–Crippen LogP) is 1.03. The molecule has 1 aliphatic carbocycles. The first-order valence-corrected chi connectivity index (χ1v) is 8.00. The molecule has 0 bridgehead atoms. The van der Waals surface area contributed by atoms with Crippen LogP contribution in [0.4, 0.5) is 0 Å². The predicted molar refractivity (Wildman–Crippen MR) is 73.0 cm³/mol. The number of nitrogens with zero attached hydrogens (tertiary/aromatic N) is 1. The van der Waals surface area contributed by atoms with Crippen LogP contribution in [0.15, 0.2) is 5.03 Å². The molecule has 0 aromatic carbocycles. The number of aryl methyl sites for hydroxylation is 1. The summed E-state index contributed by atoms with van der Waals surface area (Å²) >= 11 is 0. The van der Waals surface area contributed by atoms with Gasteiger partial charge in [0.15, 0.2) is 5.03 Å². The highest BCUT2D eigenvalue weighted by atomic mass is 32.2. The number of aromatic nitrogens is 2. The smallest absolute Gasteiger partial charge is 0.260 e. The van der Waals surface area contributed by atoms with E-state index in [1.54, 1.807) is 6.92 Å². The molecule has 1 heterocycles. The summed E-state index contributed by atoms with van der Waals surface area (Å²) in [5.41, 5.74) is 7.05. The maximum Gasteiger partial charge on any atom is 0.260 e. The zero-order valence-electron chi connectivity index (χ0n) is 11.7. The van der Waals surface area contributed by atoms with Crippen molar-refractivity contribution in [3.8, 4) is 0 Å². The van der Waals surface area contributed by atoms with Crippen LogP contribution in [-0.2, 0) is 16.6 Å². The van der Waals surface area contributed by atoms with E-state index < -0.39 is 10.0 Å². The third-order valence-corrected chi connectivity index (χ3v) is 5.28. The van der Waals surface area contributed by atoms with Gasteiger partial charge >= 0.3 is 0 Å². The summed E-state index contributed by atoms with van der Waals surface area (Å²) in [6.07, 6.45) is 2.75. The molecule has 0 radical (unpaired) electrons. The van der Waals surface area contributed by atoms with Gasteiger partial charge in [0.2, 0.25) is 0 Å². The summed E-state index contributed by atoms with van der Waals surface area (Å²) < 4.78 is 27.4. The van der Waals surface area contributed by atoms with Crippen LogP contribution in [-0.4, -0.2) is 24.7 Å². The van der Waals surface area contributed by atoms with Crippen molar-refractivity contribution in [1.29, 1.82) is 0 Å². The highest BCUT2D eigenvalue weighted by Crippen LogP contribution is 2.37. The molecule has 0 saturated heterocycles. The molecule has 0 aliphatic heterocycles. The van der Waals surface area contributed by atoms with Crippen LogP contribution >= 0.6 is 0 Å². The van der Waals surface area contributed by atoms with Crippen LogP contribution < -0.4 is 10.5 Å². The van der Waals surface area contributed by atoms with Gasteiger partial charge in [-0.3, -0.25) is 5.10 Å². The zero-order valence-corrected chi connectivity index (χ0v) is 12.5. The Balaban J connectivity index is 2.19. The van der Waals surface area contributed by atoms with E-state index in [0.717, 1.165) is 19.3 Å². The van der Waals surface area contributed by atoms with E-state index in [0.29, 0.717) is 11.3 Å². The van der Waals surface area contributed by atoms with E-state index in [-0.39, 0.29) is 23.0 Å². The second-order valence-corrected chi connectivity index (χ2v) is 7.69. The Morgan fingerprint density at radius 3 is 2.74 bits per heavy atom. The van der Waals surface area contributed by atoms with Crippen LogP contribution in [0.3, 0.4) is 0 Å². The number of rotatable bonds is 4. The van der Waals surface area contributed by atoms with Gasteiger partial charge in [-0.05, 0) is 31.6 Å². The Labute approximate surface area is 114 Å². The van der Waals surface area contributed by atoms with Crippen molar-refractivity contribution in [2.45, 2.75) is 57.6 Å². The molecule has 4 N–H and O–H groups in total. The van der Waals surface area contributed by atoms with Crippen LogP contribution in [0.1, 0.15) is 44.4 Å². The molecule has 0 amide bonds. The summed E-state index contributed by atoms with van der Waals surface area (Å²) in [6.45, 7) is 6.25. The van der Waals surface area contributed by atoms with Crippen molar-refractivity contribution in [3.05, 3.63) is 11.3 Å². The van der Waals surface area contributed by atoms with Crippen LogP contribution in [0.25, 0.3) is 0 Å². The third kappa shape index (κ3) is 2.98. The number of nitrogens with two attached hydrogens (primary N) is 1. The topological polar surface area (TPSA) is 101 Å². The zero-order chi connectivity index (χ0) is 14.3. The molecule has 1 fully saturated rings. The van der Waals surface area contributed by atoms with Crippen molar-refractivity contribution in [3.63, 3.8) is 0 Å². The fraction of sp³-hybridized carbons (Fsp3) is 0.750. The molecule has 6 nitrogen and oxygen atoms in total. The standard InChI is InChI=1S/C12H22N4O2S/c1-8-10(7-13)11(15-14-8)19(17,18)16-9-4-5-12(2,3)6-9/h9,16H,4-7,13H2,1-3H3,(H,14,15). The van der Waals surface area contributed by atoms with Gasteiger partial charge in [-0.25, -0.2) is 13.1 Å². The van der Waals surface area contributed by atoms with Gasteiger partial charge in [-0.15, -0.1) is 0 Å². The summed E-state index contributed by atoms with van der Waals surface area (Å²) in [5.74, 6) is 0. The van der Waals surface area contributed by atoms with Gasteiger partial charge in [-0.2, -0.15) is 5.10 Å². The van der Waals surface area contributed by atoms with Gasteiger partial charge in [0.05, 0.1) is 0 Å². The molecule has 108 valence electrons. The monoisotopic (exact) mass is 286 g/mol. The summed E-state index contributed by atoms with van der Waals surface area (Å²) in [5, 5.41) is 6.61. The lowest BCUT2D eigenvalue weighted by Gasteiger charge is -2.17. The van der Waals surface area contributed by atoms with Crippen molar-refractivity contribution < 1.29 is 8.42 Å². The molecule has 1 saturated carbocycles. The molecule has 1 atom stereocenters. The normalized spacial score (nSPS) is 22.8. The van der Waals surface area contributed by atoms with Crippen molar-refractivity contribution in [1.82, 2.24) is 14.9 Å². The van der Waals surface area contributed by atoms with Gasteiger partial charge < -0.3 is 5.73 Å². The lowest BCUT2D eigenvalue weighted by molar-refractivity contribution is 0.372. The molecular formula is C12H22N4O2S.